The van der Waals surface area contributed by atoms with Gasteiger partial charge in [0, 0.05) is 5.56 Å². The second-order valence-corrected chi connectivity index (χ2v) is 7.18. The summed E-state index contributed by atoms with van der Waals surface area (Å²) in [5.41, 5.74) is 0.0529. The fourth-order valence-electron chi connectivity index (χ4n) is 3.12. The third-order valence-electron chi connectivity index (χ3n) is 4.78. The summed E-state index contributed by atoms with van der Waals surface area (Å²) in [6.07, 6.45) is -2.80. The van der Waals surface area contributed by atoms with Crippen molar-refractivity contribution in [3.63, 3.8) is 0 Å². The van der Waals surface area contributed by atoms with E-state index in [4.69, 9.17) is 9.84 Å². The number of carboxylic acids is 1. The van der Waals surface area contributed by atoms with Gasteiger partial charge in [0.1, 0.15) is 5.75 Å². The first-order valence-electron chi connectivity index (χ1n) is 8.48. The zero-order chi connectivity index (χ0) is 19.8. The van der Waals surface area contributed by atoms with Crippen LogP contribution in [-0.2, 0) is 5.41 Å². The van der Waals surface area contributed by atoms with Crippen LogP contribution in [0.3, 0.4) is 0 Å². The first kappa shape index (κ1) is 19.0. The van der Waals surface area contributed by atoms with Crippen LogP contribution in [0.4, 0.5) is 13.2 Å². The number of fused-ring (bicyclic) bond motifs is 1. The molecule has 0 atom stereocenters. The summed E-state index contributed by atoms with van der Waals surface area (Å²) >= 11 is 0. The van der Waals surface area contributed by atoms with Crippen LogP contribution in [0.1, 0.15) is 47.3 Å². The van der Waals surface area contributed by atoms with Crippen LogP contribution < -0.4 is 4.74 Å². The highest BCUT2D eigenvalue weighted by molar-refractivity contribution is 5.89. The number of benzene rings is 2. The summed E-state index contributed by atoms with van der Waals surface area (Å²) in [5, 5.41) is 8.92. The zero-order valence-corrected chi connectivity index (χ0v) is 14.9. The Balaban J connectivity index is 2.07. The maximum Gasteiger partial charge on any atom is 0.417 e. The van der Waals surface area contributed by atoms with Crippen molar-refractivity contribution in [2.45, 2.75) is 31.9 Å². The van der Waals surface area contributed by atoms with Crippen molar-refractivity contribution in [2.75, 3.05) is 6.61 Å². The molecule has 1 heterocycles. The number of aromatic carboxylic acids is 1. The van der Waals surface area contributed by atoms with Gasteiger partial charge >= 0.3 is 12.1 Å². The van der Waals surface area contributed by atoms with Crippen molar-refractivity contribution in [2.24, 2.45) is 0 Å². The van der Waals surface area contributed by atoms with Crippen LogP contribution in [-0.4, -0.2) is 23.9 Å². The van der Waals surface area contributed by atoms with Crippen LogP contribution in [0, 0.1) is 0 Å². The molecule has 2 aromatic carbocycles. The lowest BCUT2D eigenvalue weighted by Gasteiger charge is -2.33. The van der Waals surface area contributed by atoms with E-state index in [1.54, 1.807) is 12.1 Å². The van der Waals surface area contributed by atoms with E-state index in [0.717, 1.165) is 18.1 Å². The summed E-state index contributed by atoms with van der Waals surface area (Å²) in [4.78, 5) is 10.9. The average molecular weight is 376 g/mol. The van der Waals surface area contributed by atoms with Crippen molar-refractivity contribution in [3.05, 3.63) is 64.7 Å². The maximum absolute atomic E-state index is 13.7. The van der Waals surface area contributed by atoms with Crippen molar-refractivity contribution >= 4 is 17.6 Å². The third kappa shape index (κ3) is 3.99. The van der Waals surface area contributed by atoms with Crippen LogP contribution in [0.5, 0.6) is 5.75 Å². The number of alkyl halides is 3. The number of carbonyl (C=O) groups is 1. The number of allylic oxidation sites excluding steroid dienone is 1. The Kier molecular flexibility index (Phi) is 4.76. The minimum Gasteiger partial charge on any atom is -0.493 e. The lowest BCUT2D eigenvalue weighted by Crippen LogP contribution is -2.27. The van der Waals surface area contributed by atoms with E-state index >= 15 is 0 Å². The molecule has 0 saturated carbocycles. The molecule has 0 bridgehead atoms. The molecule has 0 aliphatic carbocycles. The molecule has 0 amide bonds. The lowest BCUT2D eigenvalue weighted by atomic mass is 9.78. The molecule has 0 unspecified atom stereocenters. The molecule has 6 heteroatoms. The Morgan fingerprint density at radius 2 is 1.74 bits per heavy atom. The second kappa shape index (κ2) is 6.76. The monoisotopic (exact) mass is 376 g/mol. The van der Waals surface area contributed by atoms with Crippen LogP contribution in [0.2, 0.25) is 0 Å². The zero-order valence-electron chi connectivity index (χ0n) is 14.9. The number of carboxylic acid groups (broad SMARTS) is 1. The van der Waals surface area contributed by atoms with E-state index in [0.29, 0.717) is 12.4 Å². The fourth-order valence-corrected chi connectivity index (χ4v) is 3.12. The van der Waals surface area contributed by atoms with E-state index < -0.39 is 17.7 Å². The topological polar surface area (TPSA) is 46.5 Å². The summed E-state index contributed by atoms with van der Waals surface area (Å²) in [5.74, 6) is -0.513. The van der Waals surface area contributed by atoms with Crippen molar-refractivity contribution in [1.29, 1.82) is 0 Å². The molecule has 142 valence electrons. The van der Waals surface area contributed by atoms with Gasteiger partial charge in [-0.3, -0.25) is 0 Å². The molecular formula is C21H19F3O3. The largest absolute Gasteiger partial charge is 0.493 e. The maximum atomic E-state index is 13.7. The molecule has 1 aliphatic rings. The number of rotatable bonds is 3. The Labute approximate surface area is 155 Å². The van der Waals surface area contributed by atoms with E-state index in [-0.39, 0.29) is 22.1 Å². The van der Waals surface area contributed by atoms with Gasteiger partial charge in [-0.15, -0.1) is 0 Å². The van der Waals surface area contributed by atoms with Crippen molar-refractivity contribution in [1.82, 2.24) is 0 Å². The SMILES string of the molecule is CC1(C)CCOc2ccc(/C(=C/c3ccc(C(=O)O)cc3)C(F)(F)F)cc21. The summed E-state index contributed by atoms with van der Waals surface area (Å²) in [7, 11) is 0. The van der Waals surface area contributed by atoms with Gasteiger partial charge in [0.2, 0.25) is 0 Å². The predicted molar refractivity (Wildman–Crippen MR) is 96.9 cm³/mol. The highest BCUT2D eigenvalue weighted by atomic mass is 19.4. The Morgan fingerprint density at radius 1 is 1.11 bits per heavy atom. The number of ether oxygens (including phenoxy) is 1. The molecule has 1 N–H and O–H groups in total. The van der Waals surface area contributed by atoms with Crippen molar-refractivity contribution in [3.8, 4) is 5.75 Å². The minimum absolute atomic E-state index is 0.0217. The van der Waals surface area contributed by atoms with E-state index in [2.05, 4.69) is 0 Å². The number of hydrogen-bond donors (Lipinski definition) is 1. The van der Waals surface area contributed by atoms with Crippen LogP contribution in [0.15, 0.2) is 42.5 Å². The van der Waals surface area contributed by atoms with Gasteiger partial charge in [-0.05, 0) is 53.3 Å². The molecule has 2 aromatic rings. The molecule has 0 fully saturated rings. The second-order valence-electron chi connectivity index (χ2n) is 7.18. The fraction of sp³-hybridized carbons (Fsp3) is 0.286. The number of halogens is 3. The summed E-state index contributed by atoms with van der Waals surface area (Å²) in [6.45, 7) is 4.51. The first-order valence-corrected chi connectivity index (χ1v) is 8.48. The third-order valence-corrected chi connectivity index (χ3v) is 4.78. The minimum atomic E-state index is -4.56. The first-order chi connectivity index (χ1) is 12.6. The highest BCUT2D eigenvalue weighted by Gasteiger charge is 2.36. The lowest BCUT2D eigenvalue weighted by molar-refractivity contribution is -0.0683. The molecule has 27 heavy (non-hydrogen) atoms. The van der Waals surface area contributed by atoms with Gasteiger partial charge in [0.15, 0.2) is 0 Å². The molecule has 0 aromatic heterocycles. The standard InChI is InChI=1S/C21H19F3O3/c1-20(2)9-10-27-18-8-7-15(12-17(18)20)16(21(22,23)24)11-13-3-5-14(6-4-13)19(25)26/h3-8,11-12H,9-10H2,1-2H3,(H,25,26)/b16-11-. The van der Waals surface area contributed by atoms with Crippen molar-refractivity contribution < 1.29 is 27.8 Å². The highest BCUT2D eigenvalue weighted by Crippen LogP contribution is 2.42. The predicted octanol–water partition coefficient (Wildman–Crippen LogP) is 5.55. The normalized spacial score (nSPS) is 16.4. The summed E-state index contributed by atoms with van der Waals surface area (Å²) in [6, 6.07) is 9.82. The van der Waals surface area contributed by atoms with E-state index in [1.807, 2.05) is 13.8 Å². The van der Waals surface area contributed by atoms with Gasteiger partial charge in [0.25, 0.3) is 0 Å². The molecule has 0 spiro atoms. The molecular weight excluding hydrogens is 357 g/mol. The van der Waals surface area contributed by atoms with E-state index in [1.165, 1.54) is 30.3 Å². The summed E-state index contributed by atoms with van der Waals surface area (Å²) < 4.78 is 46.8. The van der Waals surface area contributed by atoms with Crippen LogP contribution >= 0.6 is 0 Å². The van der Waals surface area contributed by atoms with E-state index in [9.17, 15) is 18.0 Å². The van der Waals surface area contributed by atoms with Gasteiger partial charge in [-0.25, -0.2) is 4.79 Å². The van der Waals surface area contributed by atoms with Crippen LogP contribution in [0.25, 0.3) is 11.6 Å². The average Bonchev–Trinajstić information content (AvgIpc) is 2.59. The smallest absolute Gasteiger partial charge is 0.417 e. The molecule has 3 rings (SSSR count). The van der Waals surface area contributed by atoms with Gasteiger partial charge in [-0.1, -0.05) is 32.0 Å². The number of hydrogen-bond acceptors (Lipinski definition) is 2. The Morgan fingerprint density at radius 3 is 2.33 bits per heavy atom. The van der Waals surface area contributed by atoms with Gasteiger partial charge in [-0.2, -0.15) is 13.2 Å². The van der Waals surface area contributed by atoms with Gasteiger partial charge < -0.3 is 9.84 Å². The quantitative estimate of drug-likeness (QED) is 0.715. The Hall–Kier alpha value is -2.76. The molecule has 0 saturated heterocycles. The molecule has 1 aliphatic heterocycles. The van der Waals surface area contributed by atoms with Gasteiger partial charge in [0.05, 0.1) is 17.7 Å². The Bertz CT molecular complexity index is 894. The molecule has 0 radical (unpaired) electrons. The molecule has 3 nitrogen and oxygen atoms in total.